The molecule has 0 unspecified atom stereocenters. The lowest BCUT2D eigenvalue weighted by atomic mass is 9.94. The predicted molar refractivity (Wildman–Crippen MR) is 94.4 cm³/mol. The van der Waals surface area contributed by atoms with Crippen molar-refractivity contribution in [1.29, 1.82) is 0 Å². The van der Waals surface area contributed by atoms with Crippen molar-refractivity contribution in [3.05, 3.63) is 58.3 Å². The Labute approximate surface area is 142 Å². The van der Waals surface area contributed by atoms with Crippen LogP contribution in [-0.2, 0) is 4.74 Å². The summed E-state index contributed by atoms with van der Waals surface area (Å²) in [5.74, 6) is -0.509. The molecule has 5 heteroatoms. The van der Waals surface area contributed by atoms with Crippen LogP contribution in [0.15, 0.2) is 47.2 Å². The lowest BCUT2D eigenvalue weighted by Gasteiger charge is -2.12. The number of carbonyl (C=O) groups excluding carboxylic acids is 2. The molecule has 2 aromatic heterocycles. The maximum absolute atomic E-state index is 12.2. The Morgan fingerprint density at radius 2 is 1.48 bits per heavy atom. The van der Waals surface area contributed by atoms with Crippen LogP contribution in [-0.4, -0.2) is 18.9 Å². The highest BCUT2D eigenvalue weighted by atomic mass is 32.1. The topological polar surface area (TPSA) is 43.4 Å². The fraction of sp³-hybridized carbons (Fsp3) is 0.111. The summed E-state index contributed by atoms with van der Waals surface area (Å²) in [5, 5.41) is 3.93. The second kappa shape index (κ2) is 6.48. The molecule has 0 N–H and O–H groups in total. The van der Waals surface area contributed by atoms with Gasteiger partial charge in [0.1, 0.15) is 0 Å². The molecule has 0 fully saturated rings. The van der Waals surface area contributed by atoms with Crippen molar-refractivity contribution < 1.29 is 14.3 Å². The van der Waals surface area contributed by atoms with Crippen LogP contribution in [0.4, 0.5) is 0 Å². The van der Waals surface area contributed by atoms with Gasteiger partial charge in [-0.25, -0.2) is 4.79 Å². The number of Topliss-reactive ketones (excluding diaryl/α,β-unsaturated/α-hetero) is 1. The summed E-state index contributed by atoms with van der Waals surface area (Å²) in [6.07, 6.45) is 0. The number of benzene rings is 1. The number of ketones is 1. The Morgan fingerprint density at radius 1 is 0.913 bits per heavy atom. The third-order valence-electron chi connectivity index (χ3n) is 3.52. The Balaban J connectivity index is 2.31. The number of hydrogen-bond acceptors (Lipinski definition) is 5. The van der Waals surface area contributed by atoms with Crippen molar-refractivity contribution >= 4 is 34.4 Å². The zero-order valence-electron chi connectivity index (χ0n) is 12.7. The van der Waals surface area contributed by atoms with Gasteiger partial charge in [0.05, 0.1) is 12.7 Å². The normalized spacial score (nSPS) is 10.5. The number of rotatable bonds is 4. The van der Waals surface area contributed by atoms with E-state index in [0.717, 1.165) is 20.9 Å². The molecule has 0 radical (unpaired) electrons. The van der Waals surface area contributed by atoms with Crippen LogP contribution >= 0.6 is 22.7 Å². The van der Waals surface area contributed by atoms with Crippen LogP contribution in [0, 0.1) is 0 Å². The third kappa shape index (κ3) is 2.98. The lowest BCUT2D eigenvalue weighted by Crippen LogP contribution is -2.07. The van der Waals surface area contributed by atoms with Crippen molar-refractivity contribution in [2.75, 3.05) is 7.11 Å². The summed E-state index contributed by atoms with van der Waals surface area (Å²) in [4.78, 5) is 26.2. The zero-order valence-corrected chi connectivity index (χ0v) is 14.3. The van der Waals surface area contributed by atoms with Gasteiger partial charge in [0.15, 0.2) is 5.78 Å². The van der Waals surface area contributed by atoms with E-state index in [9.17, 15) is 9.59 Å². The molecule has 2 heterocycles. The first-order chi connectivity index (χ1) is 11.1. The highest BCUT2D eigenvalue weighted by molar-refractivity contribution is 7.14. The Kier molecular flexibility index (Phi) is 4.41. The van der Waals surface area contributed by atoms with Crippen LogP contribution in [0.3, 0.4) is 0 Å². The SMILES string of the molecule is COC(=O)c1cc(C(C)=O)c(-c2cccs2)cc1-c1cccs1. The molecule has 0 aliphatic rings. The lowest BCUT2D eigenvalue weighted by molar-refractivity contribution is 0.0601. The molecule has 0 saturated heterocycles. The van der Waals surface area contributed by atoms with Gasteiger partial charge < -0.3 is 4.74 Å². The highest BCUT2D eigenvalue weighted by Gasteiger charge is 2.20. The van der Waals surface area contributed by atoms with Crippen LogP contribution in [0.5, 0.6) is 0 Å². The fourth-order valence-electron chi connectivity index (χ4n) is 2.44. The molecule has 0 atom stereocenters. The number of methoxy groups -OCH3 is 1. The van der Waals surface area contributed by atoms with Crippen molar-refractivity contribution in [2.24, 2.45) is 0 Å². The Morgan fingerprint density at radius 3 is 1.91 bits per heavy atom. The maximum Gasteiger partial charge on any atom is 0.338 e. The summed E-state index contributed by atoms with van der Waals surface area (Å²) in [6, 6.07) is 11.4. The highest BCUT2D eigenvalue weighted by Crippen LogP contribution is 2.37. The van der Waals surface area contributed by atoms with E-state index in [1.807, 2.05) is 41.1 Å². The minimum atomic E-state index is -0.436. The summed E-state index contributed by atoms with van der Waals surface area (Å²) in [7, 11) is 1.35. The van der Waals surface area contributed by atoms with E-state index in [4.69, 9.17) is 4.74 Å². The maximum atomic E-state index is 12.2. The Hall–Kier alpha value is -2.24. The molecule has 3 rings (SSSR count). The molecule has 0 bridgehead atoms. The van der Waals surface area contributed by atoms with E-state index in [1.165, 1.54) is 14.0 Å². The molecule has 3 aromatic rings. The molecule has 1 aromatic carbocycles. The van der Waals surface area contributed by atoms with Gasteiger partial charge in [-0.2, -0.15) is 0 Å². The summed E-state index contributed by atoms with van der Waals surface area (Å²) in [6.45, 7) is 1.51. The van der Waals surface area contributed by atoms with Crippen molar-refractivity contribution in [1.82, 2.24) is 0 Å². The number of ether oxygens (including phenoxy) is 1. The van der Waals surface area contributed by atoms with Crippen molar-refractivity contribution in [3.63, 3.8) is 0 Å². The molecule has 23 heavy (non-hydrogen) atoms. The first kappa shape index (κ1) is 15.6. The Bertz CT molecular complexity index is 847. The molecule has 0 amide bonds. The zero-order chi connectivity index (χ0) is 16.4. The molecule has 0 aliphatic carbocycles. The van der Waals surface area contributed by atoms with Crippen molar-refractivity contribution in [2.45, 2.75) is 6.92 Å². The van der Waals surface area contributed by atoms with Gasteiger partial charge in [-0.05, 0) is 41.9 Å². The van der Waals surface area contributed by atoms with Gasteiger partial charge in [-0.1, -0.05) is 12.1 Å². The molecule has 0 aliphatic heterocycles. The summed E-state index contributed by atoms with van der Waals surface area (Å²) in [5.41, 5.74) is 2.59. The minimum Gasteiger partial charge on any atom is -0.465 e. The van der Waals surface area contributed by atoms with E-state index in [1.54, 1.807) is 28.7 Å². The quantitative estimate of drug-likeness (QED) is 0.487. The number of hydrogen-bond donors (Lipinski definition) is 0. The molecule has 3 nitrogen and oxygen atoms in total. The van der Waals surface area contributed by atoms with Gasteiger partial charge in [-0.15, -0.1) is 22.7 Å². The van der Waals surface area contributed by atoms with Crippen LogP contribution in [0.25, 0.3) is 20.9 Å². The summed E-state index contributed by atoms with van der Waals surface area (Å²) >= 11 is 3.12. The summed E-state index contributed by atoms with van der Waals surface area (Å²) < 4.78 is 4.90. The van der Waals surface area contributed by atoms with Crippen LogP contribution in [0.2, 0.25) is 0 Å². The minimum absolute atomic E-state index is 0.0729. The van der Waals surface area contributed by atoms with Gasteiger partial charge in [0, 0.05) is 26.4 Å². The molecular formula is C18H14O3S2. The molecule has 116 valence electrons. The first-order valence-electron chi connectivity index (χ1n) is 6.97. The number of thiophene rings is 2. The molecule has 0 saturated carbocycles. The van der Waals surface area contributed by atoms with E-state index in [2.05, 4.69) is 0 Å². The van der Waals surface area contributed by atoms with E-state index in [0.29, 0.717) is 11.1 Å². The monoisotopic (exact) mass is 342 g/mol. The van der Waals surface area contributed by atoms with E-state index in [-0.39, 0.29) is 5.78 Å². The van der Waals surface area contributed by atoms with Crippen LogP contribution in [0.1, 0.15) is 27.6 Å². The van der Waals surface area contributed by atoms with Crippen molar-refractivity contribution in [3.8, 4) is 20.9 Å². The van der Waals surface area contributed by atoms with Gasteiger partial charge >= 0.3 is 5.97 Å². The average Bonchev–Trinajstić information content (AvgIpc) is 3.25. The standard InChI is InChI=1S/C18H14O3S2/c1-11(19)12-9-15(18(20)21-2)14(17-6-4-8-23-17)10-13(12)16-5-3-7-22-16/h3-10H,1-2H3. The predicted octanol–water partition coefficient (Wildman–Crippen LogP) is 5.13. The van der Waals surface area contributed by atoms with E-state index >= 15 is 0 Å². The smallest absolute Gasteiger partial charge is 0.338 e. The second-order valence-corrected chi connectivity index (χ2v) is 6.84. The second-order valence-electron chi connectivity index (χ2n) is 4.95. The average molecular weight is 342 g/mol. The largest absolute Gasteiger partial charge is 0.465 e. The third-order valence-corrected chi connectivity index (χ3v) is 5.32. The number of carbonyl (C=O) groups is 2. The van der Waals surface area contributed by atoms with Gasteiger partial charge in [-0.3, -0.25) is 4.79 Å². The molecule has 0 spiro atoms. The van der Waals surface area contributed by atoms with E-state index < -0.39 is 5.97 Å². The number of esters is 1. The van der Waals surface area contributed by atoms with Gasteiger partial charge in [0.2, 0.25) is 0 Å². The van der Waals surface area contributed by atoms with Crippen LogP contribution < -0.4 is 0 Å². The fourth-order valence-corrected chi connectivity index (χ4v) is 3.95. The van der Waals surface area contributed by atoms with Gasteiger partial charge in [0.25, 0.3) is 0 Å². The molecular weight excluding hydrogens is 328 g/mol. The first-order valence-corrected chi connectivity index (χ1v) is 8.72.